The molecule has 2 aliphatic rings. The zero-order valence-corrected chi connectivity index (χ0v) is 15.2. The van der Waals surface area contributed by atoms with Gasteiger partial charge in [0, 0.05) is 0 Å². The molecule has 0 bridgehead atoms. The summed E-state index contributed by atoms with van der Waals surface area (Å²) < 4.78 is 0. The number of hydrogen-bond acceptors (Lipinski definition) is 0. The smallest absolute Gasteiger partial charge is 0.0133 e. The van der Waals surface area contributed by atoms with Gasteiger partial charge in [-0.2, -0.15) is 0 Å². The van der Waals surface area contributed by atoms with Crippen LogP contribution in [0.25, 0.3) is 0 Å². The van der Waals surface area contributed by atoms with Gasteiger partial charge in [-0.1, -0.05) is 69.9 Å². The first kappa shape index (κ1) is 18.3. The standard InChI is InChI=1S/C19H30.C2H6/c1-5-16-10-11-19(13-17(16)6-2)18-9-7-8-14(3)15(4)12-18;1-2/h7,9,12,16-17,19H,5-6,8,10-11,13H2,1-4H3;1-2H3. The molecule has 0 aromatic heterocycles. The lowest BCUT2D eigenvalue weighted by Crippen LogP contribution is -2.24. The molecule has 0 saturated heterocycles. The van der Waals surface area contributed by atoms with Crippen LogP contribution in [0.2, 0.25) is 0 Å². The predicted molar refractivity (Wildman–Crippen MR) is 96.5 cm³/mol. The fourth-order valence-corrected chi connectivity index (χ4v) is 3.87. The van der Waals surface area contributed by atoms with E-state index >= 15 is 0 Å². The van der Waals surface area contributed by atoms with E-state index in [1.807, 2.05) is 13.8 Å². The van der Waals surface area contributed by atoms with E-state index in [2.05, 4.69) is 45.9 Å². The van der Waals surface area contributed by atoms with Crippen molar-refractivity contribution < 1.29 is 0 Å². The molecule has 0 spiro atoms. The Morgan fingerprint density at radius 3 is 2.29 bits per heavy atom. The van der Waals surface area contributed by atoms with Gasteiger partial charge in [-0.25, -0.2) is 0 Å². The van der Waals surface area contributed by atoms with Gasteiger partial charge in [0.2, 0.25) is 0 Å². The van der Waals surface area contributed by atoms with Gasteiger partial charge in [0.1, 0.15) is 0 Å². The quantitative estimate of drug-likeness (QED) is 0.520. The molecule has 0 aromatic rings. The lowest BCUT2D eigenvalue weighted by molar-refractivity contribution is 0.188. The second kappa shape index (κ2) is 9.28. The Hall–Kier alpha value is -0.780. The number of allylic oxidation sites excluding steroid dienone is 6. The van der Waals surface area contributed by atoms with Crippen molar-refractivity contribution in [1.29, 1.82) is 0 Å². The average Bonchev–Trinajstić information content (AvgIpc) is 2.70. The fraction of sp³-hybridized carbons (Fsp3) is 0.714. The molecule has 0 heteroatoms. The highest BCUT2D eigenvalue weighted by Gasteiger charge is 2.29. The van der Waals surface area contributed by atoms with Gasteiger partial charge < -0.3 is 0 Å². The summed E-state index contributed by atoms with van der Waals surface area (Å²) in [7, 11) is 0. The highest BCUT2D eigenvalue weighted by molar-refractivity contribution is 5.37. The summed E-state index contributed by atoms with van der Waals surface area (Å²) >= 11 is 0. The molecule has 3 atom stereocenters. The van der Waals surface area contributed by atoms with E-state index in [9.17, 15) is 0 Å². The monoisotopic (exact) mass is 288 g/mol. The van der Waals surface area contributed by atoms with Crippen molar-refractivity contribution in [2.75, 3.05) is 0 Å². The zero-order chi connectivity index (χ0) is 15.8. The van der Waals surface area contributed by atoms with Crippen molar-refractivity contribution in [2.45, 2.75) is 80.1 Å². The number of rotatable bonds is 3. The van der Waals surface area contributed by atoms with Crippen LogP contribution in [0, 0.1) is 17.8 Å². The summed E-state index contributed by atoms with van der Waals surface area (Å²) in [6, 6.07) is 0. The molecule has 120 valence electrons. The fourth-order valence-electron chi connectivity index (χ4n) is 3.87. The van der Waals surface area contributed by atoms with Gasteiger partial charge >= 0.3 is 0 Å². The van der Waals surface area contributed by atoms with Gasteiger partial charge in [-0.05, 0) is 62.9 Å². The summed E-state index contributed by atoms with van der Waals surface area (Å²) in [4.78, 5) is 0. The first-order chi connectivity index (χ1) is 10.2. The molecule has 2 aliphatic carbocycles. The van der Waals surface area contributed by atoms with E-state index in [1.54, 1.807) is 5.57 Å². The van der Waals surface area contributed by atoms with Crippen molar-refractivity contribution in [1.82, 2.24) is 0 Å². The second-order valence-corrected chi connectivity index (χ2v) is 6.56. The summed E-state index contributed by atoms with van der Waals surface area (Å²) in [6.07, 6.45) is 15.4. The molecule has 2 rings (SSSR count). The minimum absolute atomic E-state index is 0.810. The van der Waals surface area contributed by atoms with E-state index in [0.29, 0.717) is 0 Å². The summed E-state index contributed by atoms with van der Waals surface area (Å²) in [5.41, 5.74) is 4.62. The molecule has 0 nitrogen and oxygen atoms in total. The third-order valence-electron chi connectivity index (χ3n) is 5.45. The molecule has 3 unspecified atom stereocenters. The highest BCUT2D eigenvalue weighted by atomic mass is 14.3. The van der Waals surface area contributed by atoms with E-state index < -0.39 is 0 Å². The lowest BCUT2D eigenvalue weighted by Gasteiger charge is -2.36. The molecule has 0 radical (unpaired) electrons. The van der Waals surface area contributed by atoms with Crippen LogP contribution in [-0.4, -0.2) is 0 Å². The Balaban J connectivity index is 0.00000106. The van der Waals surface area contributed by atoms with Gasteiger partial charge in [0.25, 0.3) is 0 Å². The van der Waals surface area contributed by atoms with Crippen molar-refractivity contribution in [3.63, 3.8) is 0 Å². The third-order valence-corrected chi connectivity index (χ3v) is 5.45. The Morgan fingerprint density at radius 1 is 1.00 bits per heavy atom. The molecular formula is C21H36. The molecule has 1 fully saturated rings. The Bertz CT molecular complexity index is 394. The van der Waals surface area contributed by atoms with Crippen molar-refractivity contribution in [3.8, 4) is 0 Å². The van der Waals surface area contributed by atoms with E-state index in [0.717, 1.165) is 24.2 Å². The van der Waals surface area contributed by atoms with Crippen LogP contribution in [0.3, 0.4) is 0 Å². The molecule has 0 aromatic carbocycles. The first-order valence-corrected chi connectivity index (χ1v) is 9.20. The minimum atomic E-state index is 0.810. The lowest BCUT2D eigenvalue weighted by atomic mass is 9.69. The molecule has 0 heterocycles. The third kappa shape index (κ3) is 4.87. The van der Waals surface area contributed by atoms with Crippen LogP contribution >= 0.6 is 0 Å². The summed E-state index contributed by atoms with van der Waals surface area (Å²) in [5.74, 6) is 2.74. The van der Waals surface area contributed by atoms with E-state index in [-0.39, 0.29) is 0 Å². The van der Waals surface area contributed by atoms with E-state index in [1.165, 1.54) is 43.3 Å². The SMILES string of the molecule is CC.CCC1CCC(C2=CC(C)=C(C)CC=C2)CC1CC. The van der Waals surface area contributed by atoms with Gasteiger partial charge in [-0.3, -0.25) is 0 Å². The molecule has 0 aliphatic heterocycles. The zero-order valence-electron chi connectivity index (χ0n) is 15.2. The molecule has 21 heavy (non-hydrogen) atoms. The molecular weight excluding hydrogens is 252 g/mol. The highest BCUT2D eigenvalue weighted by Crippen LogP contribution is 2.41. The normalized spacial score (nSPS) is 29.4. The second-order valence-electron chi connectivity index (χ2n) is 6.56. The first-order valence-electron chi connectivity index (χ1n) is 9.20. The largest absolute Gasteiger partial charge is 0.0802 e. The number of hydrogen-bond donors (Lipinski definition) is 0. The maximum Gasteiger partial charge on any atom is -0.0133 e. The molecule has 0 N–H and O–H groups in total. The maximum atomic E-state index is 2.46. The van der Waals surface area contributed by atoms with Gasteiger partial charge in [0.05, 0.1) is 0 Å². The summed E-state index contributed by atoms with van der Waals surface area (Å²) in [5, 5.41) is 0. The Kier molecular flexibility index (Phi) is 8.07. The summed E-state index contributed by atoms with van der Waals surface area (Å²) in [6.45, 7) is 13.3. The van der Waals surface area contributed by atoms with Crippen LogP contribution in [0.4, 0.5) is 0 Å². The van der Waals surface area contributed by atoms with E-state index in [4.69, 9.17) is 0 Å². The Morgan fingerprint density at radius 2 is 1.67 bits per heavy atom. The molecule has 0 amide bonds. The minimum Gasteiger partial charge on any atom is -0.0802 e. The van der Waals surface area contributed by atoms with Crippen molar-refractivity contribution >= 4 is 0 Å². The topological polar surface area (TPSA) is 0 Å². The van der Waals surface area contributed by atoms with Crippen LogP contribution < -0.4 is 0 Å². The van der Waals surface area contributed by atoms with Gasteiger partial charge in [-0.15, -0.1) is 0 Å². The van der Waals surface area contributed by atoms with Crippen LogP contribution in [0.15, 0.2) is 34.9 Å². The average molecular weight is 289 g/mol. The van der Waals surface area contributed by atoms with Gasteiger partial charge in [0.15, 0.2) is 0 Å². The van der Waals surface area contributed by atoms with Crippen LogP contribution in [0.1, 0.15) is 80.1 Å². The van der Waals surface area contributed by atoms with Crippen LogP contribution in [-0.2, 0) is 0 Å². The maximum absolute atomic E-state index is 2.46. The predicted octanol–water partition coefficient (Wildman–Crippen LogP) is 7.09. The Labute approximate surface area is 133 Å². The van der Waals surface area contributed by atoms with Crippen molar-refractivity contribution in [3.05, 3.63) is 34.9 Å². The van der Waals surface area contributed by atoms with Crippen LogP contribution in [0.5, 0.6) is 0 Å². The molecule has 1 saturated carbocycles. The van der Waals surface area contributed by atoms with Crippen molar-refractivity contribution in [2.24, 2.45) is 17.8 Å².